The Morgan fingerprint density at radius 1 is 1.17 bits per heavy atom. The second-order valence-corrected chi connectivity index (χ2v) is 8.22. The van der Waals surface area contributed by atoms with E-state index in [2.05, 4.69) is 9.72 Å². The molecule has 1 aliphatic heterocycles. The third-order valence-corrected chi connectivity index (χ3v) is 6.24. The summed E-state index contributed by atoms with van der Waals surface area (Å²) in [5, 5.41) is 0. The van der Waals surface area contributed by atoms with Crippen LogP contribution in [0.25, 0.3) is 5.57 Å². The van der Waals surface area contributed by atoms with Gasteiger partial charge in [-0.15, -0.1) is 0 Å². The number of aromatic nitrogens is 1. The summed E-state index contributed by atoms with van der Waals surface area (Å²) in [7, 11) is -2.93. The van der Waals surface area contributed by atoms with Gasteiger partial charge in [0.1, 0.15) is 0 Å². The molecule has 3 rings (SSSR count). The molecule has 2 heterocycles. The van der Waals surface area contributed by atoms with Gasteiger partial charge in [0.15, 0.2) is 0 Å². The number of pyridine rings is 1. The highest BCUT2D eigenvalue weighted by Crippen LogP contribution is 2.32. The average molecular weight is 442 g/mol. The Morgan fingerprint density at radius 3 is 2.53 bits per heavy atom. The maximum Gasteiger partial charge on any atom is 0.514 e. The molecular weight excluding hydrogens is 425 g/mol. The largest absolute Gasteiger partial charge is 0.514 e. The van der Waals surface area contributed by atoms with E-state index in [4.69, 9.17) is 4.74 Å². The third-order valence-electron chi connectivity index (χ3n) is 4.38. The van der Waals surface area contributed by atoms with Gasteiger partial charge in [0.05, 0.1) is 23.3 Å². The van der Waals surface area contributed by atoms with E-state index in [0.29, 0.717) is 11.8 Å². The first kappa shape index (κ1) is 21.8. The van der Waals surface area contributed by atoms with Crippen LogP contribution in [0.5, 0.6) is 5.88 Å². The topological polar surface area (TPSA) is 85.8 Å². The van der Waals surface area contributed by atoms with Gasteiger partial charge in [0.2, 0.25) is 15.9 Å². The van der Waals surface area contributed by atoms with E-state index in [1.807, 2.05) is 0 Å². The molecule has 160 valence electrons. The predicted octanol–water partition coefficient (Wildman–Crippen LogP) is 3.72. The Morgan fingerprint density at radius 2 is 1.90 bits per heavy atom. The van der Waals surface area contributed by atoms with E-state index in [1.165, 1.54) is 6.07 Å². The zero-order valence-electron chi connectivity index (χ0n) is 15.7. The standard InChI is InChI=1S/C19H17F3N2O5S/c1-28-18(25)29-17-7-3-6-16(23-17)13-8-10-24(11-9-13)30(26,27)15-5-2-4-14(12-15)19(20,21)22/h2-8,12H,9-11H2,1H3. The minimum Gasteiger partial charge on any atom is -0.437 e. The van der Waals surface area contributed by atoms with Crippen molar-refractivity contribution in [1.82, 2.24) is 9.29 Å². The fraction of sp³-hybridized carbons (Fsp3) is 0.263. The van der Waals surface area contributed by atoms with Gasteiger partial charge in [-0.2, -0.15) is 17.5 Å². The van der Waals surface area contributed by atoms with E-state index in [1.54, 1.807) is 18.2 Å². The molecule has 0 atom stereocenters. The molecule has 1 aromatic carbocycles. The van der Waals surface area contributed by atoms with Gasteiger partial charge < -0.3 is 9.47 Å². The fourth-order valence-electron chi connectivity index (χ4n) is 2.86. The minimum atomic E-state index is -4.64. The second-order valence-electron chi connectivity index (χ2n) is 6.29. The number of hydrogen-bond donors (Lipinski definition) is 0. The number of nitrogens with zero attached hydrogens (tertiary/aromatic N) is 2. The van der Waals surface area contributed by atoms with E-state index >= 15 is 0 Å². The van der Waals surface area contributed by atoms with Crippen LogP contribution in [0.2, 0.25) is 0 Å². The summed E-state index contributed by atoms with van der Waals surface area (Å²) >= 11 is 0. The molecule has 0 spiro atoms. The van der Waals surface area contributed by atoms with Crippen molar-refractivity contribution in [3.05, 3.63) is 59.8 Å². The second kappa shape index (κ2) is 8.44. The molecule has 30 heavy (non-hydrogen) atoms. The summed E-state index contributed by atoms with van der Waals surface area (Å²) in [5.74, 6) is 0.0271. The Kier molecular flexibility index (Phi) is 6.13. The van der Waals surface area contributed by atoms with E-state index in [9.17, 15) is 26.4 Å². The van der Waals surface area contributed by atoms with Gasteiger partial charge in [0, 0.05) is 19.2 Å². The lowest BCUT2D eigenvalue weighted by atomic mass is 10.1. The van der Waals surface area contributed by atoms with Crippen molar-refractivity contribution in [2.75, 3.05) is 20.2 Å². The van der Waals surface area contributed by atoms with Gasteiger partial charge in [-0.1, -0.05) is 18.2 Å². The summed E-state index contributed by atoms with van der Waals surface area (Å²) in [5.41, 5.74) is 0.191. The average Bonchev–Trinajstić information content (AvgIpc) is 2.73. The lowest BCUT2D eigenvalue weighted by molar-refractivity contribution is -0.137. The zero-order chi connectivity index (χ0) is 21.9. The highest BCUT2D eigenvalue weighted by atomic mass is 32.2. The molecule has 0 saturated carbocycles. The van der Waals surface area contributed by atoms with Crippen LogP contribution in [0.15, 0.2) is 53.4 Å². The molecule has 0 bridgehead atoms. The van der Waals surface area contributed by atoms with Gasteiger partial charge in [-0.3, -0.25) is 0 Å². The number of rotatable bonds is 4. The first-order chi connectivity index (χ1) is 14.1. The summed E-state index contributed by atoms with van der Waals surface area (Å²) in [6.07, 6.45) is -3.65. The van der Waals surface area contributed by atoms with Crippen molar-refractivity contribution in [3.63, 3.8) is 0 Å². The van der Waals surface area contributed by atoms with Gasteiger partial charge in [-0.25, -0.2) is 18.2 Å². The number of hydrogen-bond acceptors (Lipinski definition) is 6. The summed E-state index contributed by atoms with van der Waals surface area (Å²) < 4.78 is 74.6. The van der Waals surface area contributed by atoms with Crippen molar-refractivity contribution in [2.45, 2.75) is 17.5 Å². The van der Waals surface area contributed by atoms with E-state index in [-0.39, 0.29) is 25.4 Å². The lowest BCUT2D eigenvalue weighted by Crippen LogP contribution is -2.34. The number of carbonyl (C=O) groups excluding carboxylic acids is 1. The van der Waals surface area contributed by atoms with Gasteiger partial charge in [-0.05, 0) is 36.3 Å². The van der Waals surface area contributed by atoms with E-state index in [0.717, 1.165) is 35.2 Å². The molecular formula is C19H17F3N2O5S. The molecule has 1 aliphatic rings. The maximum absolute atomic E-state index is 12.9. The van der Waals surface area contributed by atoms with Crippen LogP contribution in [0.4, 0.5) is 18.0 Å². The minimum absolute atomic E-state index is 0.0271. The zero-order valence-corrected chi connectivity index (χ0v) is 16.5. The molecule has 0 radical (unpaired) electrons. The van der Waals surface area contributed by atoms with Crippen LogP contribution in [-0.4, -0.2) is 44.1 Å². The lowest BCUT2D eigenvalue weighted by Gasteiger charge is -2.26. The maximum atomic E-state index is 12.9. The molecule has 0 fully saturated rings. The van der Waals surface area contributed by atoms with Crippen LogP contribution in [0.1, 0.15) is 17.7 Å². The number of alkyl halides is 3. The van der Waals surface area contributed by atoms with Gasteiger partial charge in [0.25, 0.3) is 0 Å². The fourth-order valence-corrected chi connectivity index (χ4v) is 4.29. The highest BCUT2D eigenvalue weighted by Gasteiger charge is 2.33. The number of ether oxygens (including phenoxy) is 2. The Bertz CT molecular complexity index is 1080. The van der Waals surface area contributed by atoms with Crippen molar-refractivity contribution in [1.29, 1.82) is 0 Å². The molecule has 7 nitrogen and oxygen atoms in total. The number of sulfonamides is 1. The van der Waals surface area contributed by atoms with E-state index < -0.39 is 32.8 Å². The Balaban J connectivity index is 1.79. The first-order valence-electron chi connectivity index (χ1n) is 8.71. The van der Waals surface area contributed by atoms with Crippen molar-refractivity contribution >= 4 is 21.8 Å². The molecule has 0 saturated heterocycles. The SMILES string of the molecule is COC(=O)Oc1cccc(C2=CCN(S(=O)(=O)c3cccc(C(F)(F)F)c3)CC2)n1. The number of carbonyl (C=O) groups is 1. The van der Waals surface area contributed by atoms with Crippen LogP contribution < -0.4 is 4.74 Å². The van der Waals surface area contributed by atoms with Crippen molar-refractivity contribution in [3.8, 4) is 5.88 Å². The quantitative estimate of drug-likeness (QED) is 0.671. The highest BCUT2D eigenvalue weighted by molar-refractivity contribution is 7.89. The van der Waals surface area contributed by atoms with Crippen molar-refractivity contribution in [2.24, 2.45) is 0 Å². The number of benzene rings is 1. The molecule has 0 N–H and O–H groups in total. The summed E-state index contributed by atoms with van der Waals surface area (Å²) in [6.45, 7) is 0.0336. The Hall–Kier alpha value is -2.92. The van der Waals surface area contributed by atoms with Crippen LogP contribution in [-0.2, 0) is 20.9 Å². The van der Waals surface area contributed by atoms with Crippen LogP contribution >= 0.6 is 0 Å². The molecule has 0 aliphatic carbocycles. The van der Waals surface area contributed by atoms with Crippen LogP contribution in [0.3, 0.4) is 0 Å². The van der Waals surface area contributed by atoms with Crippen molar-refractivity contribution < 1.29 is 35.9 Å². The molecule has 0 unspecified atom stereocenters. The number of methoxy groups -OCH3 is 1. The molecule has 0 amide bonds. The molecule has 1 aromatic heterocycles. The normalized spacial score (nSPS) is 15.4. The summed E-state index contributed by atoms with van der Waals surface area (Å²) in [6, 6.07) is 8.41. The van der Waals surface area contributed by atoms with Crippen LogP contribution in [0, 0.1) is 0 Å². The smallest absolute Gasteiger partial charge is 0.437 e. The number of halogens is 3. The molecule has 11 heteroatoms. The predicted molar refractivity (Wildman–Crippen MR) is 100 cm³/mol. The van der Waals surface area contributed by atoms with Gasteiger partial charge >= 0.3 is 12.3 Å². The molecule has 2 aromatic rings. The summed E-state index contributed by atoms with van der Waals surface area (Å²) in [4.78, 5) is 15.0. The monoisotopic (exact) mass is 442 g/mol. The third kappa shape index (κ3) is 4.79. The first-order valence-corrected chi connectivity index (χ1v) is 10.1. The Labute approximate surface area is 170 Å².